The second kappa shape index (κ2) is 8.65. The van der Waals surface area contributed by atoms with Gasteiger partial charge in [-0.25, -0.2) is 4.98 Å². The highest BCUT2D eigenvalue weighted by molar-refractivity contribution is 5.65. The topological polar surface area (TPSA) is 98.2 Å². The fourth-order valence-electron chi connectivity index (χ4n) is 3.75. The number of aliphatic hydroxyl groups is 1. The van der Waals surface area contributed by atoms with Crippen LogP contribution in [-0.2, 0) is 6.61 Å². The van der Waals surface area contributed by atoms with Crippen LogP contribution in [0.3, 0.4) is 0 Å². The zero-order valence-electron chi connectivity index (χ0n) is 18.9. The van der Waals surface area contributed by atoms with Crippen LogP contribution in [0.5, 0.6) is 5.75 Å². The number of nitrogens with zero attached hydrogens (tertiary/aromatic N) is 3. The number of anilines is 1. The highest BCUT2D eigenvalue weighted by Crippen LogP contribution is 2.34. The van der Waals surface area contributed by atoms with Gasteiger partial charge in [0.25, 0.3) is 0 Å². The van der Waals surface area contributed by atoms with Crippen LogP contribution < -0.4 is 15.8 Å². The molecular weight excluding hydrogens is 402 g/mol. The fourth-order valence-corrected chi connectivity index (χ4v) is 3.75. The summed E-state index contributed by atoms with van der Waals surface area (Å²) in [7, 11) is 0. The van der Waals surface area contributed by atoms with Gasteiger partial charge in [-0.1, -0.05) is 24.0 Å². The van der Waals surface area contributed by atoms with Crippen molar-refractivity contribution in [3.63, 3.8) is 0 Å². The number of hydrogen-bond donors (Lipinski definition) is 3. The number of rotatable bonds is 5. The summed E-state index contributed by atoms with van der Waals surface area (Å²) in [6, 6.07) is 9.98. The number of pyridine rings is 1. The first-order chi connectivity index (χ1) is 16.0. The minimum absolute atomic E-state index is 0.314. The van der Waals surface area contributed by atoms with E-state index >= 15 is 0 Å². The van der Waals surface area contributed by atoms with E-state index in [9.17, 15) is 5.11 Å². The van der Waals surface area contributed by atoms with Crippen molar-refractivity contribution in [2.75, 3.05) is 18.8 Å². The van der Waals surface area contributed by atoms with Gasteiger partial charge in [0.15, 0.2) is 11.6 Å². The predicted molar refractivity (Wildman–Crippen MR) is 123 cm³/mol. The van der Waals surface area contributed by atoms with Crippen LogP contribution >= 0.6 is 0 Å². The van der Waals surface area contributed by atoms with E-state index in [0.717, 1.165) is 61.0 Å². The molecule has 7 heteroatoms. The molecule has 5 rings (SSSR count). The molecule has 2 aromatic heterocycles. The van der Waals surface area contributed by atoms with Crippen LogP contribution in [0.4, 0.5) is 5.82 Å². The highest BCUT2D eigenvalue weighted by Gasteiger charge is 2.38. The van der Waals surface area contributed by atoms with Crippen molar-refractivity contribution in [3.8, 4) is 28.7 Å². The van der Waals surface area contributed by atoms with Crippen LogP contribution in [0.1, 0.15) is 42.9 Å². The van der Waals surface area contributed by atoms with Gasteiger partial charge in [-0.3, -0.25) is 4.68 Å². The van der Waals surface area contributed by atoms with Crippen molar-refractivity contribution in [2.24, 2.45) is 0 Å². The number of nitrogens with two attached hydrogens (primary N) is 1. The molecule has 4 N–H and O–H groups in total. The first-order valence-electron chi connectivity index (χ1n) is 11.4. The largest absolute Gasteiger partial charge is 0.485 e. The molecule has 0 spiro atoms. The molecule has 2 fully saturated rings. The highest BCUT2D eigenvalue weighted by atomic mass is 16.5. The molecule has 164 valence electrons. The molecule has 32 heavy (non-hydrogen) atoms. The molecule has 2 aliphatic rings. The summed E-state index contributed by atoms with van der Waals surface area (Å²) in [6.45, 7) is 1.85. The van der Waals surface area contributed by atoms with Crippen LogP contribution in [-0.4, -0.2) is 38.6 Å². The first kappa shape index (κ1) is 19.4. The Hall–Kier alpha value is -3.34. The van der Waals surface area contributed by atoms with Crippen LogP contribution in [0, 0.1) is 11.8 Å². The van der Waals surface area contributed by atoms with Gasteiger partial charge in [0.2, 0.25) is 0 Å². The van der Waals surface area contributed by atoms with E-state index in [2.05, 4.69) is 21.9 Å². The van der Waals surface area contributed by atoms with E-state index < -0.39 is 5.60 Å². The summed E-state index contributed by atoms with van der Waals surface area (Å²) in [5.41, 5.74) is 8.93. The summed E-state index contributed by atoms with van der Waals surface area (Å²) in [5, 5.41) is 16.1. The van der Waals surface area contributed by atoms with Gasteiger partial charge in [0.1, 0.15) is 13.6 Å². The number of aromatic nitrogens is 3. The molecule has 0 radical (unpaired) electrons. The predicted octanol–water partition coefficient (Wildman–Crippen LogP) is 2.91. The molecule has 0 unspecified atom stereocenters. The third kappa shape index (κ3) is 4.77. The zero-order valence-corrected chi connectivity index (χ0v) is 17.9. The van der Waals surface area contributed by atoms with E-state index in [1.165, 1.54) is 0 Å². The lowest BCUT2D eigenvalue weighted by Crippen LogP contribution is -2.29. The first-order valence-corrected chi connectivity index (χ1v) is 11.0. The molecule has 0 atom stereocenters. The molecule has 1 saturated heterocycles. The Morgan fingerprint density at radius 1 is 1.25 bits per heavy atom. The molecule has 3 aromatic rings. The quantitative estimate of drug-likeness (QED) is 0.539. The lowest BCUT2D eigenvalue weighted by atomic mass is 10.1. The average molecular weight is 431 g/mol. The second-order valence-corrected chi connectivity index (χ2v) is 8.49. The third-order valence-electron chi connectivity index (χ3n) is 5.92. The van der Waals surface area contributed by atoms with Gasteiger partial charge < -0.3 is 20.9 Å². The summed E-state index contributed by atoms with van der Waals surface area (Å²) < 4.78 is 15.7. The normalized spacial score (nSPS) is 18.5. The molecule has 3 heterocycles. The van der Waals surface area contributed by atoms with Gasteiger partial charge in [-0.15, -0.1) is 0 Å². The van der Waals surface area contributed by atoms with Gasteiger partial charge in [-0.05, 0) is 62.5 Å². The summed E-state index contributed by atoms with van der Waals surface area (Å²) in [4.78, 5) is 4.31. The van der Waals surface area contributed by atoms with E-state index in [1.807, 2.05) is 47.4 Å². The molecule has 1 aromatic carbocycles. The van der Waals surface area contributed by atoms with Gasteiger partial charge >= 0.3 is 0 Å². The zero-order chi connectivity index (χ0) is 22.8. The molecule has 0 bridgehead atoms. The van der Waals surface area contributed by atoms with Crippen LogP contribution in [0.25, 0.3) is 11.1 Å². The molecule has 1 aliphatic carbocycles. The van der Waals surface area contributed by atoms with Crippen LogP contribution in [0.15, 0.2) is 48.9 Å². The Labute approximate surface area is 189 Å². The Morgan fingerprint density at radius 3 is 2.91 bits per heavy atom. The number of hydrogen-bond acceptors (Lipinski definition) is 6. The maximum absolute atomic E-state index is 9.91. The summed E-state index contributed by atoms with van der Waals surface area (Å²) >= 11 is 0. The van der Waals surface area contributed by atoms with Crippen molar-refractivity contribution in [2.45, 2.75) is 43.9 Å². The smallest absolute Gasteiger partial charge is 0.166 e. The number of piperidine rings is 1. The Morgan fingerprint density at radius 2 is 2.09 bits per heavy atom. The SMILES string of the molecule is [2H]N1CCC(n2cc(-c3cnc(N)c(OCc4cccc(C#CC5(O)CC5)c4)c3)cn2)CC1. The van der Waals surface area contributed by atoms with E-state index in [0.29, 0.717) is 24.2 Å². The molecule has 1 saturated carbocycles. The lowest BCUT2D eigenvalue weighted by Gasteiger charge is -2.22. The van der Waals surface area contributed by atoms with E-state index in [1.54, 1.807) is 11.5 Å². The number of benzene rings is 1. The number of nitrogens with one attached hydrogen (secondary N) is 1. The molecule has 1 aliphatic heterocycles. The second-order valence-electron chi connectivity index (χ2n) is 8.49. The number of nitrogen functional groups attached to an aromatic ring is 1. The Balaban J connectivity index is 1.27. The van der Waals surface area contributed by atoms with Gasteiger partial charge in [0.05, 0.1) is 12.2 Å². The van der Waals surface area contributed by atoms with E-state index in [-0.39, 0.29) is 0 Å². The molecule has 7 nitrogen and oxygen atoms in total. The van der Waals surface area contributed by atoms with Crippen molar-refractivity contribution in [1.82, 2.24) is 20.1 Å². The number of ether oxygens (including phenoxy) is 1. The maximum atomic E-state index is 9.91. The van der Waals surface area contributed by atoms with Crippen LogP contribution in [0.2, 0.25) is 1.41 Å². The Bertz CT molecular complexity index is 1200. The van der Waals surface area contributed by atoms with Crippen molar-refractivity contribution >= 4 is 5.82 Å². The van der Waals surface area contributed by atoms with Crippen molar-refractivity contribution in [1.29, 1.82) is 0 Å². The van der Waals surface area contributed by atoms with Crippen molar-refractivity contribution < 1.29 is 11.3 Å². The van der Waals surface area contributed by atoms with Gasteiger partial charge in [0, 0.05) is 29.1 Å². The lowest BCUT2D eigenvalue weighted by molar-refractivity contribution is 0.212. The summed E-state index contributed by atoms with van der Waals surface area (Å²) in [6.07, 6.45) is 8.92. The molecule has 0 amide bonds. The monoisotopic (exact) mass is 430 g/mol. The average Bonchev–Trinajstić information content (AvgIpc) is 3.36. The molecular formula is C25H27N5O2. The minimum Gasteiger partial charge on any atom is -0.485 e. The third-order valence-corrected chi connectivity index (χ3v) is 5.92. The standard InChI is InChI=1S/C25H27N5O2/c26-24-23(32-17-19-3-1-2-18(12-19)4-7-25(31)8-9-25)13-20(14-28-24)21-15-29-30(16-21)22-5-10-27-11-6-22/h1-3,12-16,22,27,31H,5-6,8-11,17H2,(H2,26,28)/i/hD. The maximum Gasteiger partial charge on any atom is 0.166 e. The van der Waals surface area contributed by atoms with E-state index in [4.69, 9.17) is 11.9 Å². The minimum atomic E-state index is -0.792. The summed E-state index contributed by atoms with van der Waals surface area (Å²) in [5.74, 6) is 6.83. The Kier molecular flexibility index (Phi) is 5.23. The van der Waals surface area contributed by atoms with Gasteiger partial charge in [-0.2, -0.15) is 5.10 Å². The van der Waals surface area contributed by atoms with Crippen molar-refractivity contribution in [3.05, 3.63) is 60.0 Å². The fraction of sp³-hybridized carbons (Fsp3) is 0.360.